The van der Waals surface area contributed by atoms with Crippen molar-refractivity contribution in [1.29, 1.82) is 0 Å². The number of anilines is 1. The van der Waals surface area contributed by atoms with Crippen molar-refractivity contribution in [3.05, 3.63) is 66.5 Å². The van der Waals surface area contributed by atoms with Gasteiger partial charge in [-0.1, -0.05) is 42.5 Å². The third kappa shape index (κ3) is 1.88. The molecule has 0 radical (unpaired) electrons. The molecule has 1 aliphatic rings. The van der Waals surface area contributed by atoms with E-state index in [1.807, 2.05) is 0 Å². The predicted octanol–water partition coefficient (Wildman–Crippen LogP) is 6.01. The van der Waals surface area contributed by atoms with Crippen molar-refractivity contribution in [2.75, 3.05) is 11.9 Å². The van der Waals surface area contributed by atoms with E-state index in [-0.39, 0.29) is 5.66 Å². The Morgan fingerprint density at radius 2 is 1.54 bits per heavy atom. The summed E-state index contributed by atoms with van der Waals surface area (Å²) < 4.78 is 6.52. The van der Waals surface area contributed by atoms with Gasteiger partial charge < -0.3 is 14.2 Å². The molecule has 26 heavy (non-hydrogen) atoms. The Bertz CT molecular complexity index is 1200. The van der Waals surface area contributed by atoms with Crippen molar-refractivity contribution in [1.82, 2.24) is 4.90 Å². The van der Waals surface area contributed by atoms with Crippen LogP contribution in [0.2, 0.25) is 0 Å². The van der Waals surface area contributed by atoms with Gasteiger partial charge in [-0.2, -0.15) is 0 Å². The number of hydrogen-bond donors (Lipinski definition) is 0. The first-order valence-electron chi connectivity index (χ1n) is 9.02. The molecule has 0 atom stereocenters. The number of hydrogen-bond acceptors (Lipinski definition) is 3. The smallest absolute Gasteiger partial charge is 0.159 e. The summed E-state index contributed by atoms with van der Waals surface area (Å²) in [5.74, 6) is 0. The molecule has 1 aliphatic heterocycles. The molecule has 0 amide bonds. The van der Waals surface area contributed by atoms with Crippen LogP contribution in [0.5, 0.6) is 0 Å². The SMILES string of the molecule is Cc1ccc2c(oc3c4ccccc4ccc23)c1N1C=CN(C)C1(C)C. The second-order valence-electron chi connectivity index (χ2n) is 7.65. The van der Waals surface area contributed by atoms with Crippen LogP contribution in [0.3, 0.4) is 0 Å². The van der Waals surface area contributed by atoms with Crippen LogP contribution in [-0.2, 0) is 0 Å². The summed E-state index contributed by atoms with van der Waals surface area (Å²) in [7, 11) is 2.11. The van der Waals surface area contributed by atoms with Crippen LogP contribution in [0.4, 0.5) is 5.69 Å². The lowest BCUT2D eigenvalue weighted by molar-refractivity contribution is 0.253. The van der Waals surface area contributed by atoms with E-state index in [2.05, 4.69) is 98.5 Å². The molecule has 3 heteroatoms. The van der Waals surface area contributed by atoms with Crippen molar-refractivity contribution >= 4 is 38.4 Å². The van der Waals surface area contributed by atoms with E-state index >= 15 is 0 Å². The monoisotopic (exact) mass is 342 g/mol. The summed E-state index contributed by atoms with van der Waals surface area (Å²) in [6, 6.07) is 17.2. The van der Waals surface area contributed by atoms with Crippen LogP contribution in [0.15, 0.2) is 65.3 Å². The molecular formula is C23H22N2O. The standard InChI is InChI=1S/C23H22N2O/c1-15-9-11-19-18-12-10-16-7-5-6-8-17(16)21(18)26-22(19)20(15)25-14-13-24(4)23(25,2)3/h5-14H,1-4H3. The van der Waals surface area contributed by atoms with Gasteiger partial charge in [0.2, 0.25) is 0 Å². The van der Waals surface area contributed by atoms with E-state index in [0.717, 1.165) is 22.2 Å². The number of aryl methyl sites for hydroxylation is 1. The Morgan fingerprint density at radius 3 is 2.31 bits per heavy atom. The fourth-order valence-electron chi connectivity index (χ4n) is 4.00. The molecule has 3 nitrogen and oxygen atoms in total. The van der Waals surface area contributed by atoms with Gasteiger partial charge in [0.25, 0.3) is 0 Å². The lowest BCUT2D eigenvalue weighted by Crippen LogP contribution is -2.46. The predicted molar refractivity (Wildman–Crippen MR) is 109 cm³/mol. The molecule has 0 unspecified atom stereocenters. The van der Waals surface area contributed by atoms with E-state index in [0.29, 0.717) is 0 Å². The Balaban J connectivity index is 1.88. The van der Waals surface area contributed by atoms with E-state index in [1.54, 1.807) is 0 Å². The van der Waals surface area contributed by atoms with E-state index in [1.165, 1.54) is 21.7 Å². The Morgan fingerprint density at radius 1 is 0.808 bits per heavy atom. The quantitative estimate of drug-likeness (QED) is 0.422. The summed E-state index contributed by atoms with van der Waals surface area (Å²) in [5, 5.41) is 4.72. The lowest BCUT2D eigenvalue weighted by atomic mass is 10.0. The third-order valence-electron chi connectivity index (χ3n) is 5.84. The largest absolute Gasteiger partial charge is 0.453 e. The van der Waals surface area contributed by atoms with Crippen LogP contribution in [0.1, 0.15) is 19.4 Å². The lowest BCUT2D eigenvalue weighted by Gasteiger charge is -2.38. The molecule has 2 heterocycles. The van der Waals surface area contributed by atoms with E-state index < -0.39 is 0 Å². The van der Waals surface area contributed by atoms with Gasteiger partial charge in [-0.3, -0.25) is 0 Å². The van der Waals surface area contributed by atoms with Gasteiger partial charge in [0.15, 0.2) is 5.58 Å². The number of rotatable bonds is 1. The molecular weight excluding hydrogens is 320 g/mol. The van der Waals surface area contributed by atoms with Crippen molar-refractivity contribution < 1.29 is 4.42 Å². The fourth-order valence-corrected chi connectivity index (χ4v) is 4.00. The summed E-state index contributed by atoms with van der Waals surface area (Å²) >= 11 is 0. The number of fused-ring (bicyclic) bond motifs is 5. The normalized spacial score (nSPS) is 16.5. The molecule has 0 spiro atoms. The van der Waals surface area contributed by atoms with Crippen LogP contribution in [0, 0.1) is 6.92 Å². The maximum atomic E-state index is 6.52. The van der Waals surface area contributed by atoms with Gasteiger partial charge in [0.1, 0.15) is 11.2 Å². The molecule has 0 saturated carbocycles. The van der Waals surface area contributed by atoms with Crippen molar-refractivity contribution in [2.24, 2.45) is 0 Å². The highest BCUT2D eigenvalue weighted by Crippen LogP contribution is 2.43. The molecule has 0 bridgehead atoms. The minimum absolute atomic E-state index is 0.139. The van der Waals surface area contributed by atoms with Gasteiger partial charge in [0, 0.05) is 35.6 Å². The summed E-state index contributed by atoms with van der Waals surface area (Å²) in [6.07, 6.45) is 4.27. The summed E-state index contributed by atoms with van der Waals surface area (Å²) in [4.78, 5) is 4.54. The van der Waals surface area contributed by atoms with Gasteiger partial charge in [-0.25, -0.2) is 0 Å². The van der Waals surface area contributed by atoms with Crippen molar-refractivity contribution in [3.63, 3.8) is 0 Å². The van der Waals surface area contributed by atoms with Gasteiger partial charge in [0.05, 0.1) is 5.69 Å². The molecule has 0 N–H and O–H groups in total. The first kappa shape index (κ1) is 15.3. The minimum Gasteiger partial charge on any atom is -0.453 e. The number of nitrogens with zero attached hydrogens (tertiary/aromatic N) is 2. The van der Waals surface area contributed by atoms with Crippen LogP contribution >= 0.6 is 0 Å². The van der Waals surface area contributed by atoms with Gasteiger partial charge >= 0.3 is 0 Å². The number of furan rings is 1. The molecule has 0 saturated heterocycles. The molecule has 3 aromatic carbocycles. The molecule has 5 rings (SSSR count). The Labute approximate surface area is 153 Å². The highest BCUT2D eigenvalue weighted by atomic mass is 16.3. The van der Waals surface area contributed by atoms with Crippen LogP contribution < -0.4 is 4.90 Å². The van der Waals surface area contributed by atoms with Gasteiger partial charge in [-0.15, -0.1) is 0 Å². The third-order valence-corrected chi connectivity index (χ3v) is 5.84. The molecule has 130 valence electrons. The van der Waals surface area contributed by atoms with Crippen molar-refractivity contribution in [3.8, 4) is 0 Å². The summed E-state index contributed by atoms with van der Waals surface area (Å²) in [6.45, 7) is 6.61. The average Bonchev–Trinajstić information content (AvgIpc) is 3.13. The topological polar surface area (TPSA) is 19.6 Å². The highest BCUT2D eigenvalue weighted by Gasteiger charge is 2.35. The van der Waals surface area contributed by atoms with Gasteiger partial charge in [-0.05, 0) is 37.8 Å². The molecule has 0 aliphatic carbocycles. The second kappa shape index (κ2) is 5.04. The van der Waals surface area contributed by atoms with E-state index in [4.69, 9.17) is 4.42 Å². The maximum absolute atomic E-state index is 6.52. The Kier molecular flexibility index (Phi) is 2.97. The second-order valence-corrected chi connectivity index (χ2v) is 7.65. The molecule has 0 fully saturated rings. The van der Waals surface area contributed by atoms with Crippen LogP contribution in [-0.4, -0.2) is 17.6 Å². The summed E-state index contributed by atoms with van der Waals surface area (Å²) in [5.41, 5.74) is 4.16. The zero-order valence-electron chi connectivity index (χ0n) is 15.6. The highest BCUT2D eigenvalue weighted by molar-refractivity contribution is 6.17. The number of benzene rings is 3. The zero-order valence-corrected chi connectivity index (χ0v) is 15.6. The minimum atomic E-state index is -0.139. The average molecular weight is 342 g/mol. The first-order chi connectivity index (χ1) is 12.5. The van der Waals surface area contributed by atoms with Crippen LogP contribution in [0.25, 0.3) is 32.7 Å². The Hall–Kier alpha value is -2.94. The first-order valence-corrected chi connectivity index (χ1v) is 9.02. The maximum Gasteiger partial charge on any atom is 0.159 e. The van der Waals surface area contributed by atoms with Crippen molar-refractivity contribution in [2.45, 2.75) is 26.4 Å². The molecule has 4 aromatic rings. The fraction of sp³-hybridized carbons (Fsp3) is 0.217. The van der Waals surface area contributed by atoms with E-state index in [9.17, 15) is 0 Å². The zero-order chi connectivity index (χ0) is 18.1. The molecule has 1 aromatic heterocycles.